The molecule has 0 saturated heterocycles. The second kappa shape index (κ2) is 3.10. The van der Waals surface area contributed by atoms with Crippen molar-refractivity contribution < 1.29 is 13.9 Å². The van der Waals surface area contributed by atoms with Crippen LogP contribution in [0.5, 0.6) is 5.75 Å². The molecular formula is C6H5ClF2N2O. The summed E-state index contributed by atoms with van der Waals surface area (Å²) in [6.07, 6.45) is -2.79. The molecule has 1 aromatic heterocycles. The molecular weight excluding hydrogens is 190 g/mol. The minimum atomic E-state index is -2.79. The summed E-state index contributed by atoms with van der Waals surface area (Å²) in [6.45, 7) is 0. The third-order valence-electron chi connectivity index (χ3n) is 1.22. The van der Waals surface area contributed by atoms with Gasteiger partial charge in [-0.2, -0.15) is 0 Å². The van der Waals surface area contributed by atoms with Crippen LogP contribution in [0.25, 0.3) is 0 Å². The second-order valence-electron chi connectivity index (χ2n) is 2.07. The first-order valence-corrected chi connectivity index (χ1v) is 3.33. The van der Waals surface area contributed by atoms with Crippen LogP contribution in [0.1, 0.15) is 12.1 Å². The fraction of sp³-hybridized carbons (Fsp3) is 0.167. The summed E-state index contributed by atoms with van der Waals surface area (Å²) in [4.78, 5) is 3.21. The van der Waals surface area contributed by atoms with Crippen LogP contribution in [-0.4, -0.2) is 10.1 Å². The summed E-state index contributed by atoms with van der Waals surface area (Å²) in [5, 5.41) is 8.51. The molecule has 0 unspecified atom stereocenters. The number of nitrogen functional groups attached to an aromatic ring is 1. The fourth-order valence-corrected chi connectivity index (χ4v) is 0.829. The molecule has 0 atom stereocenters. The molecule has 3 N–H and O–H groups in total. The lowest BCUT2D eigenvalue weighted by atomic mass is 10.3. The van der Waals surface area contributed by atoms with Gasteiger partial charge in [0.05, 0.1) is 5.69 Å². The van der Waals surface area contributed by atoms with Crippen LogP contribution in [-0.2, 0) is 0 Å². The molecule has 0 aromatic carbocycles. The van der Waals surface area contributed by atoms with Gasteiger partial charge in [-0.05, 0) is 0 Å². The van der Waals surface area contributed by atoms with Crippen molar-refractivity contribution in [3.05, 3.63) is 16.9 Å². The third-order valence-corrected chi connectivity index (χ3v) is 1.50. The normalized spacial score (nSPS) is 10.7. The number of pyridine rings is 1. The average Bonchev–Trinajstić information content (AvgIpc) is 1.96. The second-order valence-corrected chi connectivity index (χ2v) is 2.43. The number of nitrogens with zero attached hydrogens (tertiary/aromatic N) is 1. The van der Waals surface area contributed by atoms with Crippen LogP contribution in [0.15, 0.2) is 6.07 Å². The lowest BCUT2D eigenvalue weighted by Crippen LogP contribution is -1.98. The zero-order valence-corrected chi connectivity index (χ0v) is 6.52. The molecule has 0 aliphatic heterocycles. The highest BCUT2D eigenvalue weighted by Crippen LogP contribution is 2.30. The first-order chi connectivity index (χ1) is 5.52. The summed E-state index contributed by atoms with van der Waals surface area (Å²) in [5.41, 5.74) is 4.25. The number of anilines is 1. The number of aromatic hydroxyl groups is 1. The molecule has 0 spiro atoms. The summed E-state index contributed by atoms with van der Waals surface area (Å²) < 4.78 is 24.1. The Balaban J connectivity index is 3.23. The van der Waals surface area contributed by atoms with Gasteiger partial charge in [-0.25, -0.2) is 13.8 Å². The topological polar surface area (TPSA) is 59.1 Å². The van der Waals surface area contributed by atoms with Gasteiger partial charge in [0.1, 0.15) is 5.69 Å². The molecule has 0 aliphatic carbocycles. The van der Waals surface area contributed by atoms with Gasteiger partial charge in [-0.3, -0.25) is 0 Å². The molecule has 0 fully saturated rings. The van der Waals surface area contributed by atoms with Crippen LogP contribution in [0.4, 0.5) is 14.5 Å². The first-order valence-electron chi connectivity index (χ1n) is 2.95. The third kappa shape index (κ3) is 1.55. The Morgan fingerprint density at radius 2 is 2.17 bits per heavy atom. The van der Waals surface area contributed by atoms with Gasteiger partial charge >= 0.3 is 0 Å². The van der Waals surface area contributed by atoms with E-state index in [4.69, 9.17) is 22.4 Å². The van der Waals surface area contributed by atoms with E-state index in [9.17, 15) is 8.78 Å². The van der Waals surface area contributed by atoms with Crippen LogP contribution in [0.2, 0.25) is 5.15 Å². The molecule has 0 amide bonds. The van der Waals surface area contributed by atoms with Crippen molar-refractivity contribution in [2.75, 3.05) is 5.73 Å². The van der Waals surface area contributed by atoms with Crippen LogP contribution in [0, 0.1) is 0 Å². The molecule has 0 bridgehead atoms. The number of rotatable bonds is 1. The number of nitrogens with two attached hydrogens (primary N) is 1. The van der Waals surface area contributed by atoms with Crippen molar-refractivity contribution in [1.82, 2.24) is 4.98 Å². The summed E-state index contributed by atoms with van der Waals surface area (Å²) >= 11 is 5.28. The maximum Gasteiger partial charge on any atom is 0.282 e. The summed E-state index contributed by atoms with van der Waals surface area (Å²) in [7, 11) is 0. The van der Waals surface area contributed by atoms with E-state index in [1.165, 1.54) is 0 Å². The zero-order valence-electron chi connectivity index (χ0n) is 5.76. The van der Waals surface area contributed by atoms with E-state index in [-0.39, 0.29) is 10.8 Å². The van der Waals surface area contributed by atoms with Crippen molar-refractivity contribution in [3.8, 4) is 5.75 Å². The zero-order chi connectivity index (χ0) is 9.30. The van der Waals surface area contributed by atoms with Gasteiger partial charge in [0.15, 0.2) is 10.9 Å². The smallest absolute Gasteiger partial charge is 0.282 e. The molecule has 0 saturated carbocycles. The van der Waals surface area contributed by atoms with E-state index in [0.29, 0.717) is 0 Å². The van der Waals surface area contributed by atoms with Crippen LogP contribution < -0.4 is 5.73 Å². The van der Waals surface area contributed by atoms with Crippen molar-refractivity contribution in [3.63, 3.8) is 0 Å². The maximum atomic E-state index is 12.1. The average molecular weight is 195 g/mol. The Hall–Kier alpha value is -1.10. The standard InChI is InChI=1S/C6H5ClF2N2O/c7-5-3(12)1-2(10)4(11-5)6(8)9/h1,6,12H,10H2. The number of hydrogen-bond donors (Lipinski definition) is 2. The Kier molecular flexibility index (Phi) is 2.32. The Morgan fingerprint density at radius 3 is 2.67 bits per heavy atom. The van der Waals surface area contributed by atoms with E-state index in [1.807, 2.05) is 0 Å². The number of hydrogen-bond acceptors (Lipinski definition) is 3. The van der Waals surface area contributed by atoms with Gasteiger partial charge < -0.3 is 10.8 Å². The molecule has 3 nitrogen and oxygen atoms in total. The highest BCUT2D eigenvalue weighted by atomic mass is 35.5. The molecule has 1 rings (SSSR count). The van der Waals surface area contributed by atoms with Crippen LogP contribution in [0.3, 0.4) is 0 Å². The lowest BCUT2D eigenvalue weighted by Gasteiger charge is -2.04. The summed E-state index contributed by atoms with van der Waals surface area (Å²) in [5.74, 6) is -0.404. The van der Waals surface area contributed by atoms with Gasteiger partial charge in [-0.1, -0.05) is 11.6 Å². The van der Waals surface area contributed by atoms with E-state index < -0.39 is 17.9 Å². The molecule has 12 heavy (non-hydrogen) atoms. The molecule has 1 aromatic rings. The Labute approximate surface area is 71.8 Å². The summed E-state index contributed by atoms with van der Waals surface area (Å²) in [6, 6.07) is 0.941. The van der Waals surface area contributed by atoms with Crippen LogP contribution >= 0.6 is 11.6 Å². The van der Waals surface area contributed by atoms with Crippen molar-refractivity contribution in [2.24, 2.45) is 0 Å². The molecule has 0 aliphatic rings. The van der Waals surface area contributed by atoms with E-state index in [1.54, 1.807) is 0 Å². The van der Waals surface area contributed by atoms with Crippen molar-refractivity contribution in [1.29, 1.82) is 0 Å². The highest BCUT2D eigenvalue weighted by molar-refractivity contribution is 6.30. The predicted octanol–water partition coefficient (Wildman–Crippen LogP) is 1.96. The first kappa shape index (κ1) is 8.99. The molecule has 66 valence electrons. The Morgan fingerprint density at radius 1 is 1.58 bits per heavy atom. The van der Waals surface area contributed by atoms with Gasteiger partial charge in [-0.15, -0.1) is 0 Å². The van der Waals surface area contributed by atoms with Crippen molar-refractivity contribution in [2.45, 2.75) is 6.43 Å². The molecule has 1 heterocycles. The molecule has 6 heteroatoms. The van der Waals surface area contributed by atoms with Gasteiger partial charge in [0, 0.05) is 6.07 Å². The quantitative estimate of drug-likeness (QED) is 0.672. The SMILES string of the molecule is Nc1cc(O)c(Cl)nc1C(F)F. The lowest BCUT2D eigenvalue weighted by molar-refractivity contribution is 0.147. The van der Waals surface area contributed by atoms with Crippen molar-refractivity contribution >= 4 is 17.3 Å². The van der Waals surface area contributed by atoms with Gasteiger partial charge in [0.2, 0.25) is 0 Å². The minimum absolute atomic E-state index is 0.271. The molecule has 0 radical (unpaired) electrons. The monoisotopic (exact) mass is 194 g/mol. The number of halogens is 3. The number of aromatic nitrogens is 1. The van der Waals surface area contributed by atoms with Gasteiger partial charge in [0.25, 0.3) is 6.43 Å². The predicted molar refractivity (Wildman–Crippen MR) is 40.3 cm³/mol. The number of alkyl halides is 2. The highest BCUT2D eigenvalue weighted by Gasteiger charge is 2.15. The van der Waals surface area contributed by atoms with E-state index >= 15 is 0 Å². The minimum Gasteiger partial charge on any atom is -0.505 e. The fourth-order valence-electron chi connectivity index (χ4n) is 0.683. The largest absolute Gasteiger partial charge is 0.505 e. The van der Waals surface area contributed by atoms with E-state index in [0.717, 1.165) is 6.07 Å². The Bertz CT molecular complexity index is 306. The van der Waals surface area contributed by atoms with E-state index in [2.05, 4.69) is 4.98 Å². The maximum absolute atomic E-state index is 12.1.